The molecule has 1 atom stereocenters. The van der Waals surface area contributed by atoms with Crippen LogP contribution in [0.25, 0.3) is 0 Å². The number of benzene rings is 2. The van der Waals surface area contributed by atoms with E-state index >= 15 is 0 Å². The lowest BCUT2D eigenvalue weighted by atomic mass is 10.0. The van der Waals surface area contributed by atoms with E-state index in [1.165, 1.54) is 24.4 Å². The summed E-state index contributed by atoms with van der Waals surface area (Å²) < 4.78 is 19.4. The molecule has 2 rings (SSSR count). The highest BCUT2D eigenvalue weighted by molar-refractivity contribution is 5.98. The summed E-state index contributed by atoms with van der Waals surface area (Å²) in [5, 5.41) is 6.53. The largest absolute Gasteiger partial charge is 0.491 e. The van der Waals surface area contributed by atoms with Gasteiger partial charge in [0.15, 0.2) is 0 Å². The molecule has 2 amide bonds. The quantitative estimate of drug-likeness (QED) is 0.527. The van der Waals surface area contributed by atoms with Gasteiger partial charge in [0.1, 0.15) is 17.6 Å². The molecule has 0 saturated carbocycles. The van der Waals surface area contributed by atoms with Crippen LogP contribution >= 0.6 is 0 Å². The molecule has 0 aliphatic rings. The minimum absolute atomic E-state index is 0.0479. The van der Waals surface area contributed by atoms with E-state index < -0.39 is 23.7 Å². The van der Waals surface area contributed by atoms with Crippen LogP contribution in [-0.4, -0.2) is 30.2 Å². The van der Waals surface area contributed by atoms with Crippen molar-refractivity contribution in [3.05, 3.63) is 65.5 Å². The molecular weight excluding hydrogens is 373 g/mol. The molecule has 0 spiro atoms. The number of nitrogens with zero attached hydrogens (tertiary/aromatic N) is 1. The lowest BCUT2D eigenvalue weighted by molar-refractivity contribution is -0.123. The third-order valence-electron chi connectivity index (χ3n) is 3.97. The van der Waals surface area contributed by atoms with Crippen LogP contribution in [0.15, 0.2) is 53.6 Å². The zero-order valence-electron chi connectivity index (χ0n) is 17.0. The number of hydrogen-bond donors (Lipinski definition) is 2. The van der Waals surface area contributed by atoms with Crippen LogP contribution in [0.1, 0.15) is 43.6 Å². The first-order valence-corrected chi connectivity index (χ1v) is 9.43. The SMILES string of the molecule is CC(C)Oc1cccc(/C=N/NC(=O)C(NC(=O)c2ccccc2F)C(C)C)c1. The second kappa shape index (κ2) is 10.4. The average Bonchev–Trinajstić information content (AvgIpc) is 2.65. The lowest BCUT2D eigenvalue weighted by Gasteiger charge is -2.20. The molecule has 0 saturated heterocycles. The molecule has 29 heavy (non-hydrogen) atoms. The van der Waals surface area contributed by atoms with Crippen molar-refractivity contribution in [1.82, 2.24) is 10.7 Å². The molecule has 0 heterocycles. The Balaban J connectivity index is 2.02. The zero-order chi connectivity index (χ0) is 21.4. The molecule has 2 N–H and O–H groups in total. The third-order valence-corrected chi connectivity index (χ3v) is 3.97. The van der Waals surface area contributed by atoms with Gasteiger partial charge in [0, 0.05) is 0 Å². The van der Waals surface area contributed by atoms with Crippen LogP contribution < -0.4 is 15.5 Å². The van der Waals surface area contributed by atoms with Gasteiger partial charge in [0.25, 0.3) is 11.8 Å². The highest BCUT2D eigenvalue weighted by Gasteiger charge is 2.25. The first-order valence-electron chi connectivity index (χ1n) is 9.43. The summed E-state index contributed by atoms with van der Waals surface area (Å²) >= 11 is 0. The van der Waals surface area contributed by atoms with Crippen molar-refractivity contribution in [2.24, 2.45) is 11.0 Å². The molecule has 6 nitrogen and oxygen atoms in total. The maximum atomic E-state index is 13.8. The van der Waals surface area contributed by atoms with Crippen molar-refractivity contribution < 1.29 is 18.7 Å². The molecule has 1 unspecified atom stereocenters. The summed E-state index contributed by atoms with van der Waals surface area (Å²) in [7, 11) is 0. The molecule has 0 aliphatic heterocycles. The Morgan fingerprint density at radius 3 is 2.45 bits per heavy atom. The van der Waals surface area contributed by atoms with E-state index in [4.69, 9.17) is 4.74 Å². The Hall–Kier alpha value is -3.22. The topological polar surface area (TPSA) is 79.8 Å². The average molecular weight is 399 g/mol. The van der Waals surface area contributed by atoms with Crippen molar-refractivity contribution in [1.29, 1.82) is 0 Å². The highest BCUT2D eigenvalue weighted by Crippen LogP contribution is 2.14. The molecule has 154 valence electrons. The van der Waals surface area contributed by atoms with E-state index in [-0.39, 0.29) is 17.6 Å². The van der Waals surface area contributed by atoms with Crippen LogP contribution in [0, 0.1) is 11.7 Å². The molecule has 2 aromatic rings. The number of hydrogen-bond acceptors (Lipinski definition) is 4. The van der Waals surface area contributed by atoms with Gasteiger partial charge >= 0.3 is 0 Å². The highest BCUT2D eigenvalue weighted by atomic mass is 19.1. The number of ether oxygens (including phenoxy) is 1. The molecule has 0 fully saturated rings. The fraction of sp³-hybridized carbons (Fsp3) is 0.318. The van der Waals surface area contributed by atoms with Crippen molar-refractivity contribution in [3.63, 3.8) is 0 Å². The Morgan fingerprint density at radius 2 is 1.79 bits per heavy atom. The molecule has 2 aromatic carbocycles. The number of halogens is 1. The van der Waals surface area contributed by atoms with Crippen LogP contribution in [0.4, 0.5) is 4.39 Å². The van der Waals surface area contributed by atoms with Crippen LogP contribution in [0.2, 0.25) is 0 Å². The summed E-state index contributed by atoms with van der Waals surface area (Å²) in [5.41, 5.74) is 3.06. The minimum Gasteiger partial charge on any atom is -0.491 e. The number of rotatable bonds is 8. The fourth-order valence-electron chi connectivity index (χ4n) is 2.58. The van der Waals surface area contributed by atoms with Gasteiger partial charge in [0.05, 0.1) is 17.9 Å². The summed E-state index contributed by atoms with van der Waals surface area (Å²) in [6, 6.07) is 12.0. The van der Waals surface area contributed by atoms with Crippen LogP contribution in [0.5, 0.6) is 5.75 Å². The molecule has 0 radical (unpaired) electrons. The monoisotopic (exact) mass is 399 g/mol. The lowest BCUT2D eigenvalue weighted by Crippen LogP contribution is -2.48. The van der Waals surface area contributed by atoms with Gasteiger partial charge in [-0.15, -0.1) is 0 Å². The standard InChI is InChI=1S/C22H26FN3O3/c1-14(2)20(25-21(27)18-10-5-6-11-19(18)23)22(28)26-24-13-16-8-7-9-17(12-16)29-15(3)4/h5-15,20H,1-4H3,(H,25,27)(H,26,28)/b24-13+. The predicted molar refractivity (Wildman–Crippen MR) is 110 cm³/mol. The molecule has 0 aromatic heterocycles. The number of amides is 2. The zero-order valence-corrected chi connectivity index (χ0v) is 17.0. The smallest absolute Gasteiger partial charge is 0.262 e. The third kappa shape index (κ3) is 6.71. The summed E-state index contributed by atoms with van der Waals surface area (Å²) in [6.07, 6.45) is 1.54. The van der Waals surface area contributed by atoms with Crippen molar-refractivity contribution in [2.75, 3.05) is 0 Å². The van der Waals surface area contributed by atoms with E-state index in [1.807, 2.05) is 32.0 Å². The number of nitrogens with one attached hydrogen (secondary N) is 2. The van der Waals surface area contributed by atoms with Crippen molar-refractivity contribution in [2.45, 2.75) is 39.8 Å². The fourth-order valence-corrected chi connectivity index (χ4v) is 2.58. The van der Waals surface area contributed by atoms with Gasteiger partial charge in [-0.3, -0.25) is 9.59 Å². The Bertz CT molecular complexity index is 881. The second-order valence-corrected chi connectivity index (χ2v) is 7.15. The maximum absolute atomic E-state index is 13.8. The van der Waals surface area contributed by atoms with Crippen molar-refractivity contribution >= 4 is 18.0 Å². The second-order valence-electron chi connectivity index (χ2n) is 7.15. The number of carbonyl (C=O) groups is 2. The van der Waals surface area contributed by atoms with E-state index in [9.17, 15) is 14.0 Å². The van der Waals surface area contributed by atoms with Gasteiger partial charge in [-0.05, 0) is 49.6 Å². The van der Waals surface area contributed by atoms with E-state index in [2.05, 4.69) is 15.8 Å². The first-order chi connectivity index (χ1) is 13.8. The Kier molecular flexibility index (Phi) is 7.88. The molecular formula is C22H26FN3O3. The molecule has 0 aliphatic carbocycles. The van der Waals surface area contributed by atoms with E-state index in [0.717, 1.165) is 5.56 Å². The minimum atomic E-state index is -0.866. The van der Waals surface area contributed by atoms with Gasteiger partial charge in [-0.2, -0.15) is 5.10 Å². The first kappa shape index (κ1) is 22.1. The van der Waals surface area contributed by atoms with Gasteiger partial charge in [-0.25, -0.2) is 9.82 Å². The van der Waals surface area contributed by atoms with Crippen LogP contribution in [0.3, 0.4) is 0 Å². The predicted octanol–water partition coefficient (Wildman–Crippen LogP) is 3.52. The van der Waals surface area contributed by atoms with Crippen LogP contribution in [-0.2, 0) is 4.79 Å². The van der Waals surface area contributed by atoms with Gasteiger partial charge in [0.2, 0.25) is 0 Å². The normalized spacial score (nSPS) is 12.2. The number of carbonyl (C=O) groups excluding carboxylic acids is 2. The van der Waals surface area contributed by atoms with Gasteiger partial charge in [-0.1, -0.05) is 38.1 Å². The molecule has 0 bridgehead atoms. The number of hydrazone groups is 1. The van der Waals surface area contributed by atoms with Crippen molar-refractivity contribution in [3.8, 4) is 5.75 Å². The summed E-state index contributed by atoms with van der Waals surface area (Å²) in [4.78, 5) is 24.8. The van der Waals surface area contributed by atoms with E-state index in [0.29, 0.717) is 5.75 Å². The van der Waals surface area contributed by atoms with Gasteiger partial charge < -0.3 is 10.1 Å². The maximum Gasteiger partial charge on any atom is 0.262 e. The Labute approximate surface area is 170 Å². The van der Waals surface area contributed by atoms with E-state index in [1.54, 1.807) is 26.0 Å². The summed E-state index contributed by atoms with van der Waals surface area (Å²) in [5.74, 6) is -1.30. The summed E-state index contributed by atoms with van der Waals surface area (Å²) in [6.45, 7) is 7.43. The Morgan fingerprint density at radius 1 is 1.07 bits per heavy atom. The molecule has 7 heteroatoms.